The fourth-order valence-electron chi connectivity index (χ4n) is 4.99. The summed E-state index contributed by atoms with van der Waals surface area (Å²) in [5, 5.41) is 14.6. The lowest BCUT2D eigenvalue weighted by atomic mass is 9.84. The molecule has 0 radical (unpaired) electrons. The minimum atomic E-state index is -0.285. The number of thioether (sulfide) groups is 1. The third-order valence-electron chi connectivity index (χ3n) is 6.42. The standard InChI is InChI=1S/C22H29N5O2S/c1-13(20-10-16-7-8-17(20)9-16)24-21(29)14(2)30-22-26-23-12-27(22)19-6-4-5-18(11-19)25-15(3)28/h4-6,11-14,16-17,20H,7-10H2,1-3H3,(H,24,29)(H,25,28). The summed E-state index contributed by atoms with van der Waals surface area (Å²) in [6, 6.07) is 7.68. The van der Waals surface area contributed by atoms with E-state index in [2.05, 4.69) is 27.8 Å². The molecule has 1 aromatic heterocycles. The van der Waals surface area contributed by atoms with E-state index in [0.29, 0.717) is 16.8 Å². The number of hydrogen-bond acceptors (Lipinski definition) is 5. The number of carbonyl (C=O) groups is 2. The number of amides is 2. The molecule has 30 heavy (non-hydrogen) atoms. The lowest BCUT2D eigenvalue weighted by molar-refractivity contribution is -0.121. The van der Waals surface area contributed by atoms with Gasteiger partial charge in [-0.2, -0.15) is 0 Å². The molecule has 0 saturated heterocycles. The molecule has 2 N–H and O–H groups in total. The highest BCUT2D eigenvalue weighted by molar-refractivity contribution is 8.00. The molecule has 2 fully saturated rings. The zero-order chi connectivity index (χ0) is 21.3. The van der Waals surface area contributed by atoms with Crippen LogP contribution in [0.2, 0.25) is 0 Å². The number of anilines is 1. The summed E-state index contributed by atoms with van der Waals surface area (Å²) in [5.74, 6) is 2.19. The van der Waals surface area contributed by atoms with Gasteiger partial charge in [0.25, 0.3) is 0 Å². The van der Waals surface area contributed by atoms with Gasteiger partial charge in [0.2, 0.25) is 11.8 Å². The first-order valence-corrected chi connectivity index (χ1v) is 11.5. The van der Waals surface area contributed by atoms with E-state index in [1.165, 1.54) is 44.4 Å². The van der Waals surface area contributed by atoms with E-state index in [-0.39, 0.29) is 23.1 Å². The topological polar surface area (TPSA) is 88.9 Å². The fraction of sp³-hybridized carbons (Fsp3) is 0.545. The third kappa shape index (κ3) is 4.53. The van der Waals surface area contributed by atoms with Gasteiger partial charge in [0.05, 0.1) is 10.9 Å². The SMILES string of the molecule is CC(=O)Nc1cccc(-n2cnnc2SC(C)C(=O)NC(C)C2CC3CCC2C3)c1. The van der Waals surface area contributed by atoms with Gasteiger partial charge in [-0.15, -0.1) is 10.2 Å². The molecule has 8 heteroatoms. The Morgan fingerprint density at radius 2 is 2.07 bits per heavy atom. The number of nitrogens with one attached hydrogen (secondary N) is 2. The number of hydrogen-bond donors (Lipinski definition) is 2. The van der Waals surface area contributed by atoms with Gasteiger partial charge in [0.15, 0.2) is 5.16 Å². The maximum absolute atomic E-state index is 12.8. The number of benzene rings is 1. The van der Waals surface area contributed by atoms with Crippen molar-refractivity contribution in [3.8, 4) is 5.69 Å². The van der Waals surface area contributed by atoms with E-state index in [9.17, 15) is 9.59 Å². The van der Waals surface area contributed by atoms with Crippen molar-refractivity contribution in [1.82, 2.24) is 20.1 Å². The second kappa shape index (κ2) is 8.79. The van der Waals surface area contributed by atoms with E-state index >= 15 is 0 Å². The lowest BCUT2D eigenvalue weighted by Crippen LogP contribution is -2.43. The molecule has 160 valence electrons. The van der Waals surface area contributed by atoms with Crippen molar-refractivity contribution in [2.24, 2.45) is 17.8 Å². The van der Waals surface area contributed by atoms with Crippen molar-refractivity contribution in [1.29, 1.82) is 0 Å². The van der Waals surface area contributed by atoms with E-state index in [1.54, 1.807) is 6.33 Å². The zero-order valence-electron chi connectivity index (χ0n) is 17.7. The minimum Gasteiger partial charge on any atom is -0.352 e. The molecule has 5 atom stereocenters. The molecule has 2 saturated carbocycles. The summed E-state index contributed by atoms with van der Waals surface area (Å²) < 4.78 is 1.83. The van der Waals surface area contributed by atoms with Gasteiger partial charge in [-0.3, -0.25) is 14.2 Å². The van der Waals surface area contributed by atoms with Crippen molar-refractivity contribution >= 4 is 29.3 Å². The Hall–Kier alpha value is -2.35. The van der Waals surface area contributed by atoms with Crippen molar-refractivity contribution < 1.29 is 9.59 Å². The van der Waals surface area contributed by atoms with Gasteiger partial charge < -0.3 is 10.6 Å². The highest BCUT2D eigenvalue weighted by Gasteiger charge is 2.42. The Kier molecular flexibility index (Phi) is 6.13. The largest absolute Gasteiger partial charge is 0.352 e. The first-order valence-electron chi connectivity index (χ1n) is 10.7. The zero-order valence-corrected chi connectivity index (χ0v) is 18.5. The molecule has 4 rings (SSSR count). The van der Waals surface area contributed by atoms with E-state index in [0.717, 1.165) is 17.5 Å². The van der Waals surface area contributed by atoms with Gasteiger partial charge in [-0.05, 0) is 69.1 Å². The Bertz CT molecular complexity index is 930. The Balaban J connectivity index is 1.39. The molecule has 0 aliphatic heterocycles. The highest BCUT2D eigenvalue weighted by Crippen LogP contribution is 2.49. The molecular formula is C22H29N5O2S. The van der Waals surface area contributed by atoms with Gasteiger partial charge in [0.1, 0.15) is 6.33 Å². The predicted molar refractivity (Wildman–Crippen MR) is 118 cm³/mol. The molecule has 1 aromatic carbocycles. The average molecular weight is 428 g/mol. The van der Waals surface area contributed by atoms with Crippen LogP contribution in [-0.2, 0) is 9.59 Å². The van der Waals surface area contributed by atoms with Crippen LogP contribution in [0, 0.1) is 17.8 Å². The molecule has 7 nitrogen and oxygen atoms in total. The number of rotatable bonds is 7. The summed E-state index contributed by atoms with van der Waals surface area (Å²) in [6.07, 6.45) is 6.91. The summed E-state index contributed by atoms with van der Waals surface area (Å²) in [4.78, 5) is 24.2. The van der Waals surface area contributed by atoms with Gasteiger partial charge >= 0.3 is 0 Å². The molecule has 0 spiro atoms. The first kappa shape index (κ1) is 20.9. The van der Waals surface area contributed by atoms with E-state index < -0.39 is 0 Å². The summed E-state index contributed by atoms with van der Waals surface area (Å²) >= 11 is 1.39. The first-order chi connectivity index (χ1) is 14.4. The average Bonchev–Trinajstić information content (AvgIpc) is 3.44. The van der Waals surface area contributed by atoms with E-state index in [1.807, 2.05) is 35.8 Å². The highest BCUT2D eigenvalue weighted by atomic mass is 32.2. The maximum Gasteiger partial charge on any atom is 0.233 e. The van der Waals surface area contributed by atoms with Crippen LogP contribution in [0.25, 0.3) is 5.69 Å². The molecule has 5 unspecified atom stereocenters. The molecule has 2 amide bonds. The van der Waals surface area contributed by atoms with Gasteiger partial charge in [-0.1, -0.05) is 24.2 Å². The van der Waals surface area contributed by atoms with Crippen LogP contribution in [0.3, 0.4) is 0 Å². The Labute approximate surface area is 181 Å². The lowest BCUT2D eigenvalue weighted by Gasteiger charge is -2.29. The van der Waals surface area contributed by atoms with Crippen LogP contribution in [0.4, 0.5) is 5.69 Å². The van der Waals surface area contributed by atoms with Crippen LogP contribution in [-0.4, -0.2) is 37.9 Å². The summed E-state index contributed by atoms with van der Waals surface area (Å²) in [7, 11) is 0. The number of carbonyl (C=O) groups excluding carboxylic acids is 2. The predicted octanol–water partition coefficient (Wildman–Crippen LogP) is 3.65. The second-order valence-electron chi connectivity index (χ2n) is 8.61. The molecule has 2 aliphatic carbocycles. The van der Waals surface area contributed by atoms with Gasteiger partial charge in [-0.25, -0.2) is 0 Å². The summed E-state index contributed by atoms with van der Waals surface area (Å²) in [5.41, 5.74) is 1.53. The Morgan fingerprint density at radius 3 is 2.77 bits per heavy atom. The molecule has 2 aromatic rings. The second-order valence-corrected chi connectivity index (χ2v) is 9.92. The molecular weight excluding hydrogens is 398 g/mol. The van der Waals surface area contributed by atoms with Gasteiger partial charge in [0, 0.05) is 18.7 Å². The van der Waals surface area contributed by atoms with Crippen LogP contribution in [0.15, 0.2) is 35.7 Å². The van der Waals surface area contributed by atoms with Crippen LogP contribution >= 0.6 is 11.8 Å². The van der Waals surface area contributed by atoms with Crippen molar-refractivity contribution in [3.05, 3.63) is 30.6 Å². The van der Waals surface area contributed by atoms with Crippen LogP contribution < -0.4 is 10.6 Å². The molecule has 2 aliphatic rings. The third-order valence-corrected chi connectivity index (χ3v) is 7.47. The number of nitrogens with zero attached hydrogens (tertiary/aromatic N) is 3. The number of aromatic nitrogens is 3. The van der Waals surface area contributed by atoms with Crippen LogP contribution in [0.5, 0.6) is 0 Å². The van der Waals surface area contributed by atoms with Crippen molar-refractivity contribution in [3.63, 3.8) is 0 Å². The summed E-state index contributed by atoms with van der Waals surface area (Å²) in [6.45, 7) is 5.53. The van der Waals surface area contributed by atoms with Crippen molar-refractivity contribution in [2.75, 3.05) is 5.32 Å². The number of fused-ring (bicyclic) bond motifs is 2. The quantitative estimate of drug-likeness (QED) is 0.659. The normalized spacial score (nSPS) is 24.4. The Morgan fingerprint density at radius 1 is 1.23 bits per heavy atom. The smallest absolute Gasteiger partial charge is 0.233 e. The monoisotopic (exact) mass is 427 g/mol. The molecule has 1 heterocycles. The fourth-order valence-corrected chi connectivity index (χ4v) is 5.84. The maximum atomic E-state index is 12.8. The van der Waals surface area contributed by atoms with E-state index in [4.69, 9.17) is 0 Å². The van der Waals surface area contributed by atoms with Crippen molar-refractivity contribution in [2.45, 2.75) is 62.9 Å². The minimum absolute atomic E-state index is 0.0387. The van der Waals surface area contributed by atoms with Crippen LogP contribution in [0.1, 0.15) is 46.5 Å². The molecule has 2 bridgehead atoms.